The van der Waals surface area contributed by atoms with Crippen molar-refractivity contribution in [2.75, 3.05) is 23.8 Å². The molecule has 0 heterocycles. The highest BCUT2D eigenvalue weighted by molar-refractivity contribution is 5.94. The Labute approximate surface area is 157 Å². The van der Waals surface area contributed by atoms with E-state index in [4.69, 9.17) is 0 Å². The standard InChI is InChI=1S/C20H22FN3O3/c1-14(25)24(2)18-11-9-17(10-12-18)23-19(26)4-3-13-22-20(27)15-5-7-16(21)8-6-15/h5-12H,3-4,13H2,1-2H3,(H,22,27)(H,23,26). The van der Waals surface area contributed by atoms with Gasteiger partial charge in [0.05, 0.1) is 0 Å². The topological polar surface area (TPSA) is 78.5 Å². The quantitative estimate of drug-likeness (QED) is 0.735. The first-order chi connectivity index (χ1) is 12.9. The maximum atomic E-state index is 12.8. The van der Waals surface area contributed by atoms with Crippen molar-refractivity contribution in [2.45, 2.75) is 19.8 Å². The normalized spacial score (nSPS) is 10.2. The van der Waals surface area contributed by atoms with Gasteiger partial charge in [0.1, 0.15) is 5.82 Å². The Morgan fingerprint density at radius 2 is 1.63 bits per heavy atom. The van der Waals surface area contributed by atoms with Crippen LogP contribution in [0.5, 0.6) is 0 Å². The van der Waals surface area contributed by atoms with Gasteiger partial charge in [-0.2, -0.15) is 0 Å². The van der Waals surface area contributed by atoms with Gasteiger partial charge >= 0.3 is 0 Å². The minimum atomic E-state index is -0.399. The van der Waals surface area contributed by atoms with Crippen molar-refractivity contribution in [3.05, 3.63) is 59.9 Å². The zero-order chi connectivity index (χ0) is 19.8. The van der Waals surface area contributed by atoms with Crippen molar-refractivity contribution in [1.29, 1.82) is 0 Å². The molecule has 0 fully saturated rings. The summed E-state index contributed by atoms with van der Waals surface area (Å²) in [6, 6.07) is 12.2. The summed E-state index contributed by atoms with van der Waals surface area (Å²) in [7, 11) is 1.68. The smallest absolute Gasteiger partial charge is 0.251 e. The second kappa shape index (κ2) is 9.47. The lowest BCUT2D eigenvalue weighted by atomic mass is 10.2. The van der Waals surface area contributed by atoms with Crippen LogP contribution in [0.4, 0.5) is 15.8 Å². The van der Waals surface area contributed by atoms with Crippen LogP contribution in [-0.2, 0) is 9.59 Å². The fraction of sp³-hybridized carbons (Fsp3) is 0.250. The molecular weight excluding hydrogens is 349 g/mol. The molecular formula is C20H22FN3O3. The molecule has 7 heteroatoms. The summed E-state index contributed by atoms with van der Waals surface area (Å²) in [5.74, 6) is -0.946. The van der Waals surface area contributed by atoms with Gasteiger partial charge in [0.2, 0.25) is 11.8 Å². The highest BCUT2D eigenvalue weighted by Gasteiger charge is 2.08. The van der Waals surface area contributed by atoms with Gasteiger partial charge in [-0.25, -0.2) is 4.39 Å². The molecule has 0 aromatic heterocycles. The van der Waals surface area contributed by atoms with Crippen LogP contribution < -0.4 is 15.5 Å². The lowest BCUT2D eigenvalue weighted by Crippen LogP contribution is -2.25. The highest BCUT2D eigenvalue weighted by atomic mass is 19.1. The second-order valence-electron chi connectivity index (χ2n) is 6.04. The number of nitrogens with zero attached hydrogens (tertiary/aromatic N) is 1. The minimum absolute atomic E-state index is 0.0746. The van der Waals surface area contributed by atoms with Gasteiger partial charge in [0, 0.05) is 43.9 Å². The molecule has 2 aromatic rings. The van der Waals surface area contributed by atoms with Gasteiger partial charge in [-0.05, 0) is 55.0 Å². The third-order valence-electron chi connectivity index (χ3n) is 3.98. The van der Waals surface area contributed by atoms with Crippen molar-refractivity contribution in [2.24, 2.45) is 0 Å². The fourth-order valence-corrected chi connectivity index (χ4v) is 2.33. The average Bonchev–Trinajstić information content (AvgIpc) is 2.65. The summed E-state index contributed by atoms with van der Waals surface area (Å²) >= 11 is 0. The van der Waals surface area contributed by atoms with E-state index >= 15 is 0 Å². The molecule has 0 aliphatic rings. The van der Waals surface area contributed by atoms with Gasteiger partial charge in [0.15, 0.2) is 0 Å². The predicted octanol–water partition coefficient (Wildman–Crippen LogP) is 2.96. The third kappa shape index (κ3) is 6.22. The van der Waals surface area contributed by atoms with Crippen molar-refractivity contribution in [3.8, 4) is 0 Å². The van der Waals surface area contributed by atoms with Crippen LogP contribution in [0.1, 0.15) is 30.1 Å². The Morgan fingerprint density at radius 3 is 2.22 bits per heavy atom. The van der Waals surface area contributed by atoms with Gasteiger partial charge in [-0.15, -0.1) is 0 Å². The Morgan fingerprint density at radius 1 is 1.00 bits per heavy atom. The van der Waals surface area contributed by atoms with Crippen molar-refractivity contribution in [3.63, 3.8) is 0 Å². The van der Waals surface area contributed by atoms with Crippen LogP contribution in [0.3, 0.4) is 0 Å². The molecule has 0 saturated carbocycles. The Balaban J connectivity index is 1.72. The van der Waals surface area contributed by atoms with E-state index in [1.165, 1.54) is 36.1 Å². The Kier molecular flexibility index (Phi) is 7.05. The first-order valence-corrected chi connectivity index (χ1v) is 8.55. The first kappa shape index (κ1) is 20.1. The van der Waals surface area contributed by atoms with Crippen LogP contribution in [0, 0.1) is 5.82 Å². The zero-order valence-electron chi connectivity index (χ0n) is 15.3. The van der Waals surface area contributed by atoms with E-state index in [2.05, 4.69) is 10.6 Å². The number of amides is 3. The summed E-state index contributed by atoms with van der Waals surface area (Å²) in [6.07, 6.45) is 0.725. The number of hydrogen-bond donors (Lipinski definition) is 2. The number of hydrogen-bond acceptors (Lipinski definition) is 3. The molecule has 142 valence electrons. The average molecular weight is 371 g/mol. The van der Waals surface area contributed by atoms with Crippen LogP contribution in [0.25, 0.3) is 0 Å². The van der Waals surface area contributed by atoms with Crippen LogP contribution in [0.15, 0.2) is 48.5 Å². The van der Waals surface area contributed by atoms with E-state index in [1.807, 2.05) is 0 Å². The number of benzene rings is 2. The van der Waals surface area contributed by atoms with Gasteiger partial charge in [0.25, 0.3) is 5.91 Å². The molecule has 0 unspecified atom stereocenters. The molecule has 2 rings (SSSR count). The summed E-state index contributed by atoms with van der Waals surface area (Å²) in [5.41, 5.74) is 1.75. The van der Waals surface area contributed by atoms with Crippen molar-refractivity contribution >= 4 is 29.1 Å². The molecule has 0 aliphatic heterocycles. The van der Waals surface area contributed by atoms with E-state index in [0.717, 1.165) is 5.69 Å². The number of halogens is 1. The number of rotatable bonds is 7. The maximum Gasteiger partial charge on any atom is 0.251 e. The van der Waals surface area contributed by atoms with Crippen molar-refractivity contribution < 1.29 is 18.8 Å². The Hall–Kier alpha value is -3.22. The van der Waals surface area contributed by atoms with Crippen LogP contribution in [0.2, 0.25) is 0 Å². The molecule has 0 bridgehead atoms. The highest BCUT2D eigenvalue weighted by Crippen LogP contribution is 2.17. The van der Waals surface area contributed by atoms with Crippen LogP contribution >= 0.6 is 0 Å². The largest absolute Gasteiger partial charge is 0.352 e. The third-order valence-corrected chi connectivity index (χ3v) is 3.98. The monoisotopic (exact) mass is 371 g/mol. The predicted molar refractivity (Wildman–Crippen MR) is 102 cm³/mol. The second-order valence-corrected chi connectivity index (χ2v) is 6.04. The summed E-state index contributed by atoms with van der Waals surface area (Å²) in [6.45, 7) is 1.82. The first-order valence-electron chi connectivity index (χ1n) is 8.55. The summed E-state index contributed by atoms with van der Waals surface area (Å²) < 4.78 is 12.8. The number of anilines is 2. The van der Waals surface area contributed by atoms with Gasteiger partial charge in [-0.1, -0.05) is 0 Å². The van der Waals surface area contributed by atoms with Crippen LogP contribution in [-0.4, -0.2) is 31.3 Å². The molecule has 6 nitrogen and oxygen atoms in total. The van der Waals surface area contributed by atoms with E-state index in [0.29, 0.717) is 24.2 Å². The SMILES string of the molecule is CC(=O)N(C)c1ccc(NC(=O)CCCNC(=O)c2ccc(F)cc2)cc1. The minimum Gasteiger partial charge on any atom is -0.352 e. The summed E-state index contributed by atoms with van der Waals surface area (Å²) in [4.78, 5) is 36.7. The van der Waals surface area contributed by atoms with Crippen molar-refractivity contribution in [1.82, 2.24) is 5.32 Å². The molecule has 27 heavy (non-hydrogen) atoms. The summed E-state index contributed by atoms with van der Waals surface area (Å²) in [5, 5.41) is 5.46. The molecule has 0 aliphatic carbocycles. The molecule has 0 atom stereocenters. The number of carbonyl (C=O) groups is 3. The van der Waals surface area contributed by atoms with Gasteiger partial charge < -0.3 is 15.5 Å². The molecule has 0 radical (unpaired) electrons. The van der Waals surface area contributed by atoms with Gasteiger partial charge in [-0.3, -0.25) is 14.4 Å². The van der Waals surface area contributed by atoms with E-state index < -0.39 is 5.82 Å². The van der Waals surface area contributed by atoms with E-state index in [1.54, 1.807) is 31.3 Å². The van der Waals surface area contributed by atoms with E-state index in [-0.39, 0.29) is 24.1 Å². The Bertz CT molecular complexity index is 804. The molecule has 0 saturated heterocycles. The zero-order valence-corrected chi connectivity index (χ0v) is 15.3. The van der Waals surface area contributed by atoms with E-state index in [9.17, 15) is 18.8 Å². The molecule has 2 aromatic carbocycles. The molecule has 0 spiro atoms. The maximum absolute atomic E-state index is 12.8. The molecule has 3 amide bonds. The lowest BCUT2D eigenvalue weighted by molar-refractivity contribution is -0.117. The fourth-order valence-electron chi connectivity index (χ4n) is 2.33. The number of carbonyl (C=O) groups excluding carboxylic acids is 3. The number of nitrogens with one attached hydrogen (secondary N) is 2. The lowest BCUT2D eigenvalue weighted by Gasteiger charge is -2.15. The molecule has 2 N–H and O–H groups in total.